The summed E-state index contributed by atoms with van der Waals surface area (Å²) in [5, 5.41) is 2.87. The van der Waals surface area contributed by atoms with E-state index in [-0.39, 0.29) is 12.0 Å². The Bertz CT molecular complexity index is 465. The number of nitrogens with two attached hydrogens (primary N) is 1. The van der Waals surface area contributed by atoms with Crippen molar-refractivity contribution in [2.24, 2.45) is 5.73 Å². The summed E-state index contributed by atoms with van der Waals surface area (Å²) in [5.41, 5.74) is 6.28. The highest BCUT2D eigenvalue weighted by atomic mass is 16.5. The molecule has 5 nitrogen and oxygen atoms in total. The van der Waals surface area contributed by atoms with Crippen molar-refractivity contribution in [1.29, 1.82) is 0 Å². The summed E-state index contributed by atoms with van der Waals surface area (Å²) >= 11 is 0. The van der Waals surface area contributed by atoms with Crippen LogP contribution in [0.4, 0.5) is 5.69 Å². The normalized spacial score (nSPS) is 21.2. The van der Waals surface area contributed by atoms with Crippen LogP contribution in [0.1, 0.15) is 32.6 Å². The van der Waals surface area contributed by atoms with Gasteiger partial charge >= 0.3 is 0 Å². The zero-order valence-corrected chi connectivity index (χ0v) is 12.5. The number of hydrogen-bond acceptors (Lipinski definition) is 4. The largest absolute Gasteiger partial charge is 0.494 e. The van der Waals surface area contributed by atoms with Crippen LogP contribution in [0.2, 0.25) is 0 Å². The highest BCUT2D eigenvalue weighted by molar-refractivity contribution is 5.94. The number of unbranched alkanes of at least 4 members (excludes halogenated alkanes) is 1. The van der Waals surface area contributed by atoms with Crippen LogP contribution in [0.3, 0.4) is 0 Å². The Balaban J connectivity index is 1.87. The van der Waals surface area contributed by atoms with Crippen molar-refractivity contribution in [3.63, 3.8) is 0 Å². The van der Waals surface area contributed by atoms with Crippen molar-refractivity contribution in [1.82, 2.24) is 0 Å². The number of benzene rings is 1. The molecule has 0 radical (unpaired) electrons. The molecule has 21 heavy (non-hydrogen) atoms. The van der Waals surface area contributed by atoms with Crippen LogP contribution in [-0.2, 0) is 9.53 Å². The lowest BCUT2D eigenvalue weighted by Crippen LogP contribution is -2.29. The number of anilines is 1. The summed E-state index contributed by atoms with van der Waals surface area (Å²) in [6.07, 6.45) is 3.28. The van der Waals surface area contributed by atoms with Crippen molar-refractivity contribution >= 4 is 11.6 Å². The summed E-state index contributed by atoms with van der Waals surface area (Å²) in [6.45, 7) is 3.28. The van der Waals surface area contributed by atoms with E-state index in [2.05, 4.69) is 12.2 Å². The number of carbonyl (C=O) groups is 1. The molecule has 0 unspecified atom stereocenters. The second kappa shape index (κ2) is 8.00. The van der Waals surface area contributed by atoms with E-state index in [9.17, 15) is 4.79 Å². The molecule has 1 fully saturated rings. The van der Waals surface area contributed by atoms with Crippen LogP contribution in [0.5, 0.6) is 5.75 Å². The smallest absolute Gasteiger partial charge is 0.253 e. The predicted molar refractivity (Wildman–Crippen MR) is 82.4 cm³/mol. The fourth-order valence-electron chi connectivity index (χ4n) is 2.29. The minimum absolute atomic E-state index is 0.00413. The predicted octanol–water partition coefficient (Wildman–Crippen LogP) is 2.31. The fraction of sp³-hybridized carbons (Fsp3) is 0.562. The Morgan fingerprint density at radius 1 is 1.48 bits per heavy atom. The first-order valence-electron chi connectivity index (χ1n) is 7.62. The van der Waals surface area contributed by atoms with Gasteiger partial charge in [0.05, 0.1) is 12.7 Å². The lowest BCUT2D eigenvalue weighted by Gasteiger charge is -2.13. The molecule has 2 atom stereocenters. The number of ether oxygens (including phenoxy) is 2. The number of nitrogens with one attached hydrogen (secondary N) is 1. The number of amides is 1. The van der Waals surface area contributed by atoms with Gasteiger partial charge in [0.15, 0.2) is 0 Å². The highest BCUT2D eigenvalue weighted by Gasteiger charge is 2.29. The maximum atomic E-state index is 12.1. The Morgan fingerprint density at radius 2 is 2.33 bits per heavy atom. The van der Waals surface area contributed by atoms with Crippen LogP contribution in [0.15, 0.2) is 24.3 Å². The standard InChI is InChI=1S/C16H24N2O3/c1-2-3-9-20-13-6-4-5-12(10-13)18-16(19)15-8-7-14(11-17)21-15/h4-6,10,14-15H,2-3,7-9,11,17H2,1H3,(H,18,19)/t14-,15+/m1/s1. The zero-order chi connectivity index (χ0) is 15.1. The number of rotatable bonds is 7. The molecule has 0 saturated carbocycles. The third-order valence-electron chi connectivity index (χ3n) is 3.53. The third-order valence-corrected chi connectivity index (χ3v) is 3.53. The number of carbonyl (C=O) groups excluding carboxylic acids is 1. The molecule has 1 aliphatic heterocycles. The molecule has 1 saturated heterocycles. The summed E-state index contributed by atoms with van der Waals surface area (Å²) in [7, 11) is 0. The van der Waals surface area contributed by atoms with Gasteiger partial charge < -0.3 is 20.5 Å². The minimum atomic E-state index is -0.400. The first-order chi connectivity index (χ1) is 10.2. The van der Waals surface area contributed by atoms with Crippen molar-refractivity contribution in [2.45, 2.75) is 44.8 Å². The maximum absolute atomic E-state index is 12.1. The van der Waals surface area contributed by atoms with Gasteiger partial charge in [-0.1, -0.05) is 19.4 Å². The van der Waals surface area contributed by atoms with Crippen molar-refractivity contribution in [3.05, 3.63) is 24.3 Å². The maximum Gasteiger partial charge on any atom is 0.253 e. The van der Waals surface area contributed by atoms with Crippen LogP contribution in [-0.4, -0.2) is 31.3 Å². The monoisotopic (exact) mass is 292 g/mol. The summed E-state index contributed by atoms with van der Waals surface area (Å²) in [4.78, 5) is 12.1. The van der Waals surface area contributed by atoms with Crippen LogP contribution >= 0.6 is 0 Å². The first-order valence-corrected chi connectivity index (χ1v) is 7.62. The van der Waals surface area contributed by atoms with Gasteiger partial charge in [0.1, 0.15) is 11.9 Å². The van der Waals surface area contributed by atoms with Gasteiger partial charge in [0.2, 0.25) is 0 Å². The van der Waals surface area contributed by atoms with Gasteiger partial charge in [-0.2, -0.15) is 0 Å². The van der Waals surface area contributed by atoms with Crippen molar-refractivity contribution in [3.8, 4) is 5.75 Å². The minimum Gasteiger partial charge on any atom is -0.494 e. The lowest BCUT2D eigenvalue weighted by molar-refractivity contribution is -0.126. The average Bonchev–Trinajstić information content (AvgIpc) is 2.97. The van der Waals surface area contributed by atoms with E-state index in [0.717, 1.165) is 37.1 Å². The van der Waals surface area contributed by atoms with Gasteiger partial charge in [-0.15, -0.1) is 0 Å². The molecule has 0 bridgehead atoms. The first kappa shape index (κ1) is 15.8. The molecule has 1 heterocycles. The van der Waals surface area contributed by atoms with Crippen LogP contribution in [0.25, 0.3) is 0 Å². The van der Waals surface area contributed by atoms with Gasteiger partial charge in [-0.3, -0.25) is 4.79 Å². The lowest BCUT2D eigenvalue weighted by atomic mass is 10.2. The number of hydrogen-bond donors (Lipinski definition) is 2. The molecule has 0 aromatic heterocycles. The van der Waals surface area contributed by atoms with Crippen molar-refractivity contribution in [2.75, 3.05) is 18.5 Å². The SMILES string of the molecule is CCCCOc1cccc(NC(=O)[C@@H]2CC[C@H](CN)O2)c1. The van der Waals surface area contributed by atoms with Gasteiger partial charge in [-0.05, 0) is 31.4 Å². The van der Waals surface area contributed by atoms with E-state index in [1.165, 1.54) is 0 Å². The Kier molecular flexibility index (Phi) is 6.02. The van der Waals surface area contributed by atoms with E-state index in [1.807, 2.05) is 24.3 Å². The van der Waals surface area contributed by atoms with Crippen LogP contribution < -0.4 is 15.8 Å². The quantitative estimate of drug-likeness (QED) is 0.756. The molecular weight excluding hydrogens is 268 g/mol. The second-order valence-corrected chi connectivity index (χ2v) is 5.28. The summed E-state index contributed by atoms with van der Waals surface area (Å²) in [6, 6.07) is 7.44. The van der Waals surface area contributed by atoms with Gasteiger partial charge in [0, 0.05) is 18.3 Å². The van der Waals surface area contributed by atoms with E-state index < -0.39 is 6.10 Å². The fourth-order valence-corrected chi connectivity index (χ4v) is 2.29. The summed E-state index contributed by atoms with van der Waals surface area (Å²) in [5.74, 6) is 0.657. The van der Waals surface area contributed by atoms with Crippen molar-refractivity contribution < 1.29 is 14.3 Å². The third kappa shape index (κ3) is 4.72. The average molecular weight is 292 g/mol. The molecular formula is C16H24N2O3. The molecule has 2 rings (SSSR count). The second-order valence-electron chi connectivity index (χ2n) is 5.28. The van der Waals surface area contributed by atoms with Gasteiger partial charge in [-0.25, -0.2) is 0 Å². The van der Waals surface area contributed by atoms with Crippen LogP contribution in [0, 0.1) is 0 Å². The van der Waals surface area contributed by atoms with Gasteiger partial charge in [0.25, 0.3) is 5.91 Å². The molecule has 0 aliphatic carbocycles. The molecule has 116 valence electrons. The zero-order valence-electron chi connectivity index (χ0n) is 12.5. The Hall–Kier alpha value is -1.59. The molecule has 1 aromatic rings. The molecule has 0 spiro atoms. The van der Waals surface area contributed by atoms with E-state index in [0.29, 0.717) is 13.2 Å². The highest BCUT2D eigenvalue weighted by Crippen LogP contribution is 2.22. The van der Waals surface area contributed by atoms with E-state index >= 15 is 0 Å². The van der Waals surface area contributed by atoms with E-state index in [1.54, 1.807) is 0 Å². The Labute approximate surface area is 125 Å². The Morgan fingerprint density at radius 3 is 3.05 bits per heavy atom. The molecule has 1 aliphatic rings. The topological polar surface area (TPSA) is 73.6 Å². The molecule has 3 N–H and O–H groups in total. The molecule has 5 heteroatoms. The summed E-state index contributed by atoms with van der Waals surface area (Å²) < 4.78 is 11.2. The van der Waals surface area contributed by atoms with E-state index in [4.69, 9.17) is 15.2 Å². The molecule has 1 amide bonds. The molecule has 1 aromatic carbocycles.